The minimum atomic E-state index is 0.242. The van der Waals surface area contributed by atoms with Crippen molar-refractivity contribution >= 4 is 11.6 Å². The van der Waals surface area contributed by atoms with Crippen LogP contribution in [-0.2, 0) is 0 Å². The van der Waals surface area contributed by atoms with E-state index in [1.54, 1.807) is 24.3 Å². The van der Waals surface area contributed by atoms with E-state index in [2.05, 4.69) is 6.92 Å². The number of hydrogen-bond acceptors (Lipinski definition) is 2. The molecule has 0 heterocycles. The fourth-order valence-corrected chi connectivity index (χ4v) is 1.53. The SMILES string of the molecule is [CH2]/C(=C\c1ccc(O)cc1)c1ccc(O)cc1. The van der Waals surface area contributed by atoms with Gasteiger partial charge in [-0.1, -0.05) is 30.3 Å². The monoisotopic (exact) mass is 225 g/mol. The Balaban J connectivity index is 2.27. The number of aromatic hydroxyl groups is 2. The number of phenolic OH excluding ortho intramolecular Hbond substituents is 2. The molecular formula is C15H13O2. The molecule has 2 nitrogen and oxygen atoms in total. The van der Waals surface area contributed by atoms with Crippen molar-refractivity contribution < 1.29 is 10.2 Å². The molecule has 0 aromatic heterocycles. The highest BCUT2D eigenvalue weighted by Crippen LogP contribution is 2.20. The summed E-state index contributed by atoms with van der Waals surface area (Å²) in [5.41, 5.74) is 2.78. The first kappa shape index (κ1) is 11.3. The second-order valence-electron chi connectivity index (χ2n) is 3.81. The van der Waals surface area contributed by atoms with Gasteiger partial charge in [0, 0.05) is 0 Å². The predicted octanol–water partition coefficient (Wildman–Crippen LogP) is 3.47. The van der Waals surface area contributed by atoms with Gasteiger partial charge in [-0.25, -0.2) is 0 Å². The Morgan fingerprint density at radius 3 is 1.82 bits per heavy atom. The first-order valence-electron chi connectivity index (χ1n) is 5.27. The molecule has 0 fully saturated rings. The number of allylic oxidation sites excluding steroid dienone is 1. The minimum Gasteiger partial charge on any atom is -0.508 e. The molecule has 2 heteroatoms. The predicted molar refractivity (Wildman–Crippen MR) is 69.4 cm³/mol. The summed E-state index contributed by atoms with van der Waals surface area (Å²) in [5, 5.41) is 18.4. The van der Waals surface area contributed by atoms with E-state index in [-0.39, 0.29) is 11.5 Å². The average Bonchev–Trinajstić information content (AvgIpc) is 2.33. The molecule has 0 aliphatic carbocycles. The van der Waals surface area contributed by atoms with Gasteiger partial charge in [0.1, 0.15) is 11.5 Å². The van der Waals surface area contributed by atoms with Gasteiger partial charge in [-0.2, -0.15) is 0 Å². The van der Waals surface area contributed by atoms with Crippen LogP contribution in [0.2, 0.25) is 0 Å². The normalized spacial score (nSPS) is 11.5. The van der Waals surface area contributed by atoms with E-state index in [1.165, 1.54) is 0 Å². The molecule has 0 saturated carbocycles. The second kappa shape index (κ2) is 4.74. The van der Waals surface area contributed by atoms with Gasteiger partial charge in [0.05, 0.1) is 0 Å². The van der Waals surface area contributed by atoms with Crippen LogP contribution in [0.15, 0.2) is 48.5 Å². The van der Waals surface area contributed by atoms with E-state index in [0.717, 1.165) is 16.7 Å². The summed E-state index contributed by atoms with van der Waals surface area (Å²) in [6.07, 6.45) is 1.92. The fraction of sp³-hybridized carbons (Fsp3) is 0. The quantitative estimate of drug-likeness (QED) is 0.768. The Hall–Kier alpha value is -2.22. The Morgan fingerprint density at radius 1 is 0.824 bits per heavy atom. The molecule has 1 radical (unpaired) electrons. The van der Waals surface area contributed by atoms with Gasteiger partial charge in [0.25, 0.3) is 0 Å². The summed E-state index contributed by atoms with van der Waals surface area (Å²) >= 11 is 0. The van der Waals surface area contributed by atoms with Crippen LogP contribution in [0.25, 0.3) is 11.6 Å². The van der Waals surface area contributed by atoms with Crippen LogP contribution in [0.1, 0.15) is 11.1 Å². The molecule has 0 aliphatic heterocycles. The van der Waals surface area contributed by atoms with Crippen LogP contribution in [0, 0.1) is 6.92 Å². The summed E-state index contributed by atoms with van der Waals surface area (Å²) in [6, 6.07) is 13.8. The maximum atomic E-state index is 9.19. The first-order chi connectivity index (χ1) is 8.15. The maximum Gasteiger partial charge on any atom is 0.115 e. The largest absolute Gasteiger partial charge is 0.508 e. The van der Waals surface area contributed by atoms with Crippen molar-refractivity contribution in [3.63, 3.8) is 0 Å². The third kappa shape index (κ3) is 2.88. The van der Waals surface area contributed by atoms with E-state index < -0.39 is 0 Å². The Morgan fingerprint density at radius 2 is 1.29 bits per heavy atom. The fourth-order valence-electron chi connectivity index (χ4n) is 1.53. The highest BCUT2D eigenvalue weighted by molar-refractivity contribution is 5.83. The number of rotatable bonds is 2. The lowest BCUT2D eigenvalue weighted by atomic mass is 10.0. The van der Waals surface area contributed by atoms with Crippen molar-refractivity contribution in [3.8, 4) is 11.5 Å². The van der Waals surface area contributed by atoms with Gasteiger partial charge in [-0.15, -0.1) is 0 Å². The Bertz CT molecular complexity index is 522. The van der Waals surface area contributed by atoms with Gasteiger partial charge in [-0.05, 0) is 47.9 Å². The molecule has 0 bridgehead atoms. The zero-order valence-corrected chi connectivity index (χ0v) is 9.30. The molecule has 2 aromatic rings. The molecule has 0 saturated heterocycles. The lowest BCUT2D eigenvalue weighted by Crippen LogP contribution is -1.79. The molecule has 0 amide bonds. The molecule has 2 N–H and O–H groups in total. The van der Waals surface area contributed by atoms with Crippen molar-refractivity contribution in [3.05, 3.63) is 66.6 Å². The number of benzene rings is 2. The van der Waals surface area contributed by atoms with Gasteiger partial charge >= 0.3 is 0 Å². The van der Waals surface area contributed by atoms with Crippen molar-refractivity contribution in [2.45, 2.75) is 0 Å². The highest BCUT2D eigenvalue weighted by atomic mass is 16.3. The molecule has 0 atom stereocenters. The second-order valence-corrected chi connectivity index (χ2v) is 3.81. The van der Waals surface area contributed by atoms with Crippen molar-refractivity contribution in [2.75, 3.05) is 0 Å². The van der Waals surface area contributed by atoms with E-state index in [1.807, 2.05) is 30.3 Å². The third-order valence-electron chi connectivity index (χ3n) is 2.47. The summed E-state index contributed by atoms with van der Waals surface area (Å²) < 4.78 is 0. The van der Waals surface area contributed by atoms with E-state index in [4.69, 9.17) is 0 Å². The van der Waals surface area contributed by atoms with Gasteiger partial charge in [0.2, 0.25) is 0 Å². The molecule has 0 unspecified atom stereocenters. The standard InChI is InChI=1S/C15H13O2/c1-11(13-4-8-15(17)9-5-13)10-12-2-6-14(16)7-3-12/h2-10,16-17H,1H2/b11-10+. The number of phenols is 2. The molecule has 2 aromatic carbocycles. The van der Waals surface area contributed by atoms with E-state index in [0.29, 0.717) is 0 Å². The minimum absolute atomic E-state index is 0.242. The van der Waals surface area contributed by atoms with Crippen LogP contribution in [-0.4, -0.2) is 10.2 Å². The lowest BCUT2D eigenvalue weighted by Gasteiger charge is -2.02. The average molecular weight is 225 g/mol. The molecule has 0 spiro atoms. The smallest absolute Gasteiger partial charge is 0.115 e. The maximum absolute atomic E-state index is 9.19. The molecule has 2 rings (SSSR count). The van der Waals surface area contributed by atoms with Crippen LogP contribution in [0.4, 0.5) is 0 Å². The molecular weight excluding hydrogens is 212 g/mol. The molecule has 0 aliphatic rings. The lowest BCUT2D eigenvalue weighted by molar-refractivity contribution is 0.474. The van der Waals surface area contributed by atoms with Crippen molar-refractivity contribution in [2.24, 2.45) is 0 Å². The van der Waals surface area contributed by atoms with Crippen LogP contribution in [0.5, 0.6) is 11.5 Å². The van der Waals surface area contributed by atoms with Gasteiger partial charge in [0.15, 0.2) is 0 Å². The summed E-state index contributed by atoms with van der Waals surface area (Å²) in [4.78, 5) is 0. The summed E-state index contributed by atoms with van der Waals surface area (Å²) in [5.74, 6) is 0.489. The zero-order chi connectivity index (χ0) is 12.3. The summed E-state index contributed by atoms with van der Waals surface area (Å²) in [7, 11) is 0. The first-order valence-corrected chi connectivity index (χ1v) is 5.27. The van der Waals surface area contributed by atoms with Crippen molar-refractivity contribution in [1.82, 2.24) is 0 Å². The Labute approximate surface area is 100 Å². The summed E-state index contributed by atoms with van der Waals surface area (Å²) in [6.45, 7) is 3.97. The molecule has 17 heavy (non-hydrogen) atoms. The van der Waals surface area contributed by atoms with E-state index in [9.17, 15) is 10.2 Å². The molecule has 85 valence electrons. The Kier molecular flexibility index (Phi) is 3.15. The van der Waals surface area contributed by atoms with Gasteiger partial charge < -0.3 is 10.2 Å². The van der Waals surface area contributed by atoms with Crippen molar-refractivity contribution in [1.29, 1.82) is 0 Å². The van der Waals surface area contributed by atoms with Crippen LogP contribution >= 0.6 is 0 Å². The highest BCUT2D eigenvalue weighted by Gasteiger charge is 1.97. The number of hydrogen-bond donors (Lipinski definition) is 2. The van der Waals surface area contributed by atoms with Gasteiger partial charge in [-0.3, -0.25) is 0 Å². The zero-order valence-electron chi connectivity index (χ0n) is 9.30. The third-order valence-corrected chi connectivity index (χ3v) is 2.47. The van der Waals surface area contributed by atoms with Crippen LogP contribution in [0.3, 0.4) is 0 Å². The topological polar surface area (TPSA) is 40.5 Å². The van der Waals surface area contributed by atoms with E-state index >= 15 is 0 Å². The van der Waals surface area contributed by atoms with Crippen LogP contribution < -0.4 is 0 Å².